The van der Waals surface area contributed by atoms with E-state index in [1.54, 1.807) is 4.90 Å². The fraction of sp³-hybridized carbons (Fsp3) is 0.500. The zero-order valence-electron chi connectivity index (χ0n) is 18.8. The Labute approximate surface area is 207 Å². The molecule has 0 saturated carbocycles. The molecule has 3 N–H and O–H groups in total. The van der Waals surface area contributed by atoms with Crippen LogP contribution < -0.4 is 5.73 Å². The molecule has 2 aliphatic rings. The first kappa shape index (κ1) is 31.1. The molecule has 10 nitrogen and oxygen atoms in total. The summed E-state index contributed by atoms with van der Waals surface area (Å²) in [7, 11) is -3.31. The maximum atomic E-state index is 13.7. The summed E-state index contributed by atoms with van der Waals surface area (Å²) >= 11 is 0. The monoisotopic (exact) mass is 537 g/mol. The highest BCUT2D eigenvalue weighted by atomic mass is 32.2. The molecule has 1 amide bonds. The Hall–Kier alpha value is -2.97. The van der Waals surface area contributed by atoms with Gasteiger partial charge < -0.3 is 20.5 Å². The van der Waals surface area contributed by atoms with Crippen molar-refractivity contribution in [2.24, 2.45) is 11.7 Å². The Balaban J connectivity index is 0.000000625. The van der Waals surface area contributed by atoms with Gasteiger partial charge >= 0.3 is 5.97 Å². The molecule has 2 aliphatic heterocycles. The van der Waals surface area contributed by atoms with Gasteiger partial charge in [-0.15, -0.1) is 0 Å². The van der Waals surface area contributed by atoms with Crippen LogP contribution in [0.1, 0.15) is 25.8 Å². The molecule has 202 valence electrons. The normalized spacial score (nSPS) is 20.2. The van der Waals surface area contributed by atoms with E-state index in [9.17, 15) is 36.0 Å². The van der Waals surface area contributed by atoms with Crippen molar-refractivity contribution in [1.29, 1.82) is 0 Å². The van der Waals surface area contributed by atoms with Crippen LogP contribution in [0.2, 0.25) is 0 Å². The number of halogens is 3. The summed E-state index contributed by atoms with van der Waals surface area (Å²) in [6.45, 7) is 1.33. The Morgan fingerprint density at radius 3 is 2.44 bits per heavy atom. The topological polar surface area (TPSA) is 147 Å². The van der Waals surface area contributed by atoms with E-state index in [0.717, 1.165) is 25.0 Å². The minimum Gasteiger partial charge on any atom is -0.478 e. The summed E-state index contributed by atoms with van der Waals surface area (Å²) in [6.07, 6.45) is 3.18. The molecule has 3 rings (SSSR count). The van der Waals surface area contributed by atoms with Gasteiger partial charge in [0, 0.05) is 44.2 Å². The molecule has 0 aliphatic carbocycles. The number of carbonyl (C=O) groups excluding carboxylic acids is 2. The van der Waals surface area contributed by atoms with Crippen molar-refractivity contribution >= 4 is 28.4 Å². The Bertz CT molecular complexity index is 1080. The predicted molar refractivity (Wildman–Crippen MR) is 123 cm³/mol. The molecule has 1 aromatic carbocycles. The molecule has 0 radical (unpaired) electrons. The number of benzene rings is 1. The van der Waals surface area contributed by atoms with E-state index in [-0.39, 0.29) is 56.7 Å². The smallest absolute Gasteiger partial charge is 0.331 e. The van der Waals surface area contributed by atoms with Gasteiger partial charge in [-0.1, -0.05) is 7.43 Å². The summed E-state index contributed by atoms with van der Waals surface area (Å²) in [5, 5.41) is 7.86. The Morgan fingerprint density at radius 2 is 1.86 bits per heavy atom. The second-order valence-corrected chi connectivity index (χ2v) is 10.2. The largest absolute Gasteiger partial charge is 0.478 e. The highest BCUT2D eigenvalue weighted by Crippen LogP contribution is 2.33. The molecule has 36 heavy (non-hydrogen) atoms. The lowest BCUT2D eigenvalue weighted by Gasteiger charge is -2.26. The van der Waals surface area contributed by atoms with Crippen LogP contribution in [0, 0.1) is 23.4 Å². The standard InChI is InChI=1S/C17H22F3N3O3S.C4H4O4.CH4/c1-27(25,26)22-8-10-2-3-23(16(10)9-22)17(24)6-12(21)4-11-5-14(19)15(20)7-13(11)18;5-3-8-2-1-4(6)7;/h5,7,10,12,16H,2-4,6,8-9,21H2,1H3;1-3H,(H,6,7);1H4/b;2-1+;/t10-,12+,16+;;/m0../s1. The molecule has 2 fully saturated rings. The maximum Gasteiger partial charge on any atom is 0.331 e. The zero-order chi connectivity index (χ0) is 26.3. The van der Waals surface area contributed by atoms with E-state index >= 15 is 0 Å². The van der Waals surface area contributed by atoms with Crippen molar-refractivity contribution in [2.75, 3.05) is 25.9 Å². The number of nitrogens with two attached hydrogens (primary N) is 1. The summed E-state index contributed by atoms with van der Waals surface area (Å²) in [5.74, 6) is -4.64. The molecular formula is C22H30F3N3O7S. The highest BCUT2D eigenvalue weighted by molar-refractivity contribution is 7.88. The van der Waals surface area contributed by atoms with E-state index in [1.165, 1.54) is 4.31 Å². The lowest BCUT2D eigenvalue weighted by Crippen LogP contribution is -2.43. The van der Waals surface area contributed by atoms with Crippen LogP contribution in [0.3, 0.4) is 0 Å². The minimum absolute atomic E-state index is 0. The number of amides is 1. The van der Waals surface area contributed by atoms with Gasteiger partial charge in [0.25, 0.3) is 6.47 Å². The molecular weight excluding hydrogens is 507 g/mol. The summed E-state index contributed by atoms with van der Waals surface area (Å²) in [6, 6.07) is 0.271. The average Bonchev–Trinajstić information content (AvgIpc) is 3.33. The fourth-order valence-electron chi connectivity index (χ4n) is 4.05. The van der Waals surface area contributed by atoms with Crippen LogP contribution in [0.25, 0.3) is 0 Å². The number of ether oxygens (including phenoxy) is 1. The van der Waals surface area contributed by atoms with Gasteiger partial charge in [0.15, 0.2) is 11.6 Å². The zero-order valence-corrected chi connectivity index (χ0v) is 19.6. The van der Waals surface area contributed by atoms with Crippen molar-refractivity contribution in [3.8, 4) is 0 Å². The highest BCUT2D eigenvalue weighted by Gasteiger charge is 2.45. The van der Waals surface area contributed by atoms with Gasteiger partial charge in [0.1, 0.15) is 12.1 Å². The fourth-order valence-corrected chi connectivity index (χ4v) is 4.94. The second-order valence-electron chi connectivity index (χ2n) is 8.18. The summed E-state index contributed by atoms with van der Waals surface area (Å²) < 4.78 is 68.7. The third kappa shape index (κ3) is 8.60. The average molecular weight is 538 g/mol. The number of sulfonamides is 1. The molecule has 0 aromatic heterocycles. The number of nitrogens with zero attached hydrogens (tertiary/aromatic N) is 2. The molecule has 3 atom stereocenters. The number of carboxylic acids is 1. The van der Waals surface area contributed by atoms with E-state index in [4.69, 9.17) is 10.8 Å². The SMILES string of the molecule is C.CS(=O)(=O)N1C[C@@H]2CCN(C(=O)C[C@H](N)Cc3cc(F)c(F)cc3F)[C@@H]2C1.O=CO/C=C/C(=O)O. The molecule has 0 bridgehead atoms. The molecule has 2 saturated heterocycles. The number of carboxylic acid groups (broad SMARTS) is 1. The lowest BCUT2D eigenvalue weighted by atomic mass is 10.0. The van der Waals surface area contributed by atoms with E-state index in [2.05, 4.69) is 4.74 Å². The molecule has 2 heterocycles. The van der Waals surface area contributed by atoms with Crippen molar-refractivity contribution in [1.82, 2.24) is 9.21 Å². The molecule has 0 spiro atoms. The number of carbonyl (C=O) groups is 3. The van der Waals surface area contributed by atoms with Gasteiger partial charge in [-0.2, -0.15) is 4.31 Å². The van der Waals surface area contributed by atoms with E-state index in [0.29, 0.717) is 25.2 Å². The van der Waals surface area contributed by atoms with Crippen molar-refractivity contribution in [3.63, 3.8) is 0 Å². The number of rotatable bonds is 8. The van der Waals surface area contributed by atoms with Gasteiger partial charge in [-0.05, 0) is 30.4 Å². The first-order chi connectivity index (χ1) is 16.3. The van der Waals surface area contributed by atoms with Gasteiger partial charge in [0.2, 0.25) is 15.9 Å². The van der Waals surface area contributed by atoms with E-state index < -0.39 is 39.5 Å². The van der Waals surface area contributed by atoms with Crippen molar-refractivity contribution in [2.45, 2.75) is 38.8 Å². The Kier molecular flexibility index (Phi) is 11.5. The number of hydrogen-bond acceptors (Lipinski definition) is 7. The Morgan fingerprint density at radius 1 is 1.22 bits per heavy atom. The van der Waals surface area contributed by atoms with E-state index in [1.807, 2.05) is 0 Å². The summed E-state index contributed by atoms with van der Waals surface area (Å²) in [5.41, 5.74) is 5.84. The number of likely N-dealkylation sites (tertiary alicyclic amines) is 1. The number of fused-ring (bicyclic) bond motifs is 1. The summed E-state index contributed by atoms with van der Waals surface area (Å²) in [4.78, 5) is 33.1. The minimum atomic E-state index is -3.31. The van der Waals surface area contributed by atoms with Crippen molar-refractivity contribution < 1.29 is 45.8 Å². The number of aliphatic carboxylic acids is 1. The molecule has 1 aromatic rings. The maximum absolute atomic E-state index is 13.7. The van der Waals surface area contributed by atoms with Crippen LogP contribution in [-0.2, 0) is 35.6 Å². The van der Waals surface area contributed by atoms with Gasteiger partial charge in [-0.25, -0.2) is 26.4 Å². The predicted octanol–water partition coefficient (Wildman–Crippen LogP) is 1.25. The molecule has 14 heteroatoms. The second kappa shape index (κ2) is 13.4. The third-order valence-corrected chi connectivity index (χ3v) is 6.89. The van der Waals surface area contributed by atoms with Crippen LogP contribution in [0.5, 0.6) is 0 Å². The van der Waals surface area contributed by atoms with Crippen LogP contribution in [0.15, 0.2) is 24.5 Å². The van der Waals surface area contributed by atoms with Crippen LogP contribution >= 0.6 is 0 Å². The van der Waals surface area contributed by atoms with Crippen molar-refractivity contribution in [3.05, 3.63) is 47.5 Å². The third-order valence-electron chi connectivity index (χ3n) is 5.66. The van der Waals surface area contributed by atoms with Gasteiger partial charge in [0.05, 0.1) is 12.3 Å². The van der Waals surface area contributed by atoms with Gasteiger partial charge in [-0.3, -0.25) is 9.59 Å². The first-order valence-electron chi connectivity index (χ1n) is 10.5. The first-order valence-corrected chi connectivity index (χ1v) is 12.3. The number of hydrogen-bond donors (Lipinski definition) is 2. The lowest BCUT2D eigenvalue weighted by molar-refractivity contribution is -0.133. The van der Waals surface area contributed by atoms with Crippen LogP contribution in [-0.4, -0.2) is 79.1 Å². The quantitative estimate of drug-likeness (QED) is 0.218. The van der Waals surface area contributed by atoms with Crippen LogP contribution in [0.4, 0.5) is 13.2 Å². The molecule has 0 unspecified atom stereocenters.